The topological polar surface area (TPSA) is 84.9 Å². The van der Waals surface area contributed by atoms with Crippen molar-refractivity contribution in [2.45, 2.75) is 6.04 Å². The van der Waals surface area contributed by atoms with Crippen LogP contribution in [0.1, 0.15) is 0 Å². The van der Waals surface area contributed by atoms with Gasteiger partial charge in [0.15, 0.2) is 0 Å². The van der Waals surface area contributed by atoms with Gasteiger partial charge in [-0.15, -0.1) is 0 Å². The fourth-order valence-corrected chi connectivity index (χ4v) is 2.79. The molecule has 0 radical (unpaired) electrons. The van der Waals surface area contributed by atoms with Crippen LogP contribution in [0.5, 0.6) is 0 Å². The van der Waals surface area contributed by atoms with Crippen molar-refractivity contribution in [1.29, 1.82) is 0 Å². The molecule has 8 heteroatoms. The van der Waals surface area contributed by atoms with E-state index in [9.17, 15) is 0 Å². The molecule has 2 aromatic rings. The minimum Gasteiger partial charge on any atom is -0.368 e. The van der Waals surface area contributed by atoms with Gasteiger partial charge in [0.05, 0.1) is 11.3 Å². The van der Waals surface area contributed by atoms with E-state index < -0.39 is 0 Å². The van der Waals surface area contributed by atoms with E-state index in [-0.39, 0.29) is 5.95 Å². The maximum atomic E-state index is 5.83. The second-order valence-corrected chi connectivity index (χ2v) is 5.62. The average Bonchev–Trinajstić information content (AvgIpc) is 2.66. The highest BCUT2D eigenvalue weighted by atomic mass is 79.9. The first-order valence-corrected chi connectivity index (χ1v) is 7.12. The molecule has 1 saturated heterocycles. The number of likely N-dealkylation sites (N-methyl/N-ethyl adjacent to an activating group) is 1. The molecule has 0 aliphatic carbocycles. The number of anilines is 2. The van der Waals surface area contributed by atoms with Crippen molar-refractivity contribution in [3.63, 3.8) is 0 Å². The molecule has 20 heavy (non-hydrogen) atoms. The molecule has 3 rings (SSSR count). The summed E-state index contributed by atoms with van der Waals surface area (Å²) in [5.74, 6) is 1.14. The van der Waals surface area contributed by atoms with Crippen LogP contribution in [-0.4, -0.2) is 45.9 Å². The van der Waals surface area contributed by atoms with Gasteiger partial charge in [-0.05, 0) is 23.0 Å². The highest BCUT2D eigenvalue weighted by Gasteiger charge is 2.27. The van der Waals surface area contributed by atoms with Crippen LogP contribution in [0.15, 0.2) is 16.9 Å². The van der Waals surface area contributed by atoms with Crippen molar-refractivity contribution in [1.82, 2.24) is 25.1 Å². The second-order valence-electron chi connectivity index (χ2n) is 4.87. The van der Waals surface area contributed by atoms with E-state index in [0.29, 0.717) is 6.04 Å². The Balaban J connectivity index is 1.93. The van der Waals surface area contributed by atoms with E-state index in [1.807, 2.05) is 26.4 Å². The summed E-state index contributed by atoms with van der Waals surface area (Å²) in [5, 5.41) is 7.50. The van der Waals surface area contributed by atoms with E-state index in [1.165, 1.54) is 0 Å². The number of hydrogen-bond donors (Lipinski definition) is 2. The lowest BCUT2D eigenvalue weighted by Gasteiger charge is -2.40. The molecule has 1 fully saturated rings. The number of halogens is 1. The van der Waals surface area contributed by atoms with Crippen molar-refractivity contribution in [3.05, 3.63) is 16.9 Å². The van der Waals surface area contributed by atoms with Crippen molar-refractivity contribution < 1.29 is 0 Å². The van der Waals surface area contributed by atoms with Crippen molar-refractivity contribution in [3.8, 4) is 11.3 Å². The van der Waals surface area contributed by atoms with Crippen LogP contribution in [0.3, 0.4) is 0 Å². The third-order valence-electron chi connectivity index (χ3n) is 3.40. The van der Waals surface area contributed by atoms with Gasteiger partial charge in [0.25, 0.3) is 0 Å². The van der Waals surface area contributed by atoms with E-state index in [1.54, 1.807) is 4.68 Å². The normalized spacial score (nSPS) is 15.4. The maximum Gasteiger partial charge on any atom is 0.222 e. The van der Waals surface area contributed by atoms with Gasteiger partial charge in [-0.3, -0.25) is 4.68 Å². The third kappa shape index (κ3) is 2.36. The molecule has 3 heterocycles. The Bertz CT molecular complexity index is 633. The molecule has 3 N–H and O–H groups in total. The molecule has 0 amide bonds. The highest BCUT2D eigenvalue weighted by Crippen LogP contribution is 2.29. The molecule has 0 bridgehead atoms. The first-order chi connectivity index (χ1) is 9.56. The number of nitrogens with zero attached hydrogens (tertiary/aromatic N) is 5. The van der Waals surface area contributed by atoms with Gasteiger partial charge >= 0.3 is 0 Å². The lowest BCUT2D eigenvalue weighted by atomic mass is 10.1. The Kier molecular flexibility index (Phi) is 3.35. The van der Waals surface area contributed by atoms with Crippen LogP contribution in [0.25, 0.3) is 11.3 Å². The summed E-state index contributed by atoms with van der Waals surface area (Å²) in [5.41, 5.74) is 7.52. The molecule has 0 atom stereocenters. The summed E-state index contributed by atoms with van der Waals surface area (Å²) in [4.78, 5) is 10.8. The molecule has 106 valence electrons. The standard InChI is InChI=1S/C12H16BrN7/c1-15-7-4-20(5-7)10-3-9(16-12(14)17-10)8-6-19(2)18-11(8)13/h3,6-7,15H,4-5H2,1-2H3,(H2,14,16,17). The predicted molar refractivity (Wildman–Crippen MR) is 81.4 cm³/mol. The molecule has 1 aliphatic rings. The zero-order valence-corrected chi connectivity index (χ0v) is 12.9. The van der Waals surface area contributed by atoms with Gasteiger partial charge in [0.1, 0.15) is 10.4 Å². The second kappa shape index (κ2) is 5.02. The Labute approximate surface area is 125 Å². The minimum atomic E-state index is 0.279. The summed E-state index contributed by atoms with van der Waals surface area (Å²) >= 11 is 3.44. The van der Waals surface area contributed by atoms with Crippen molar-refractivity contribution >= 4 is 27.7 Å². The summed E-state index contributed by atoms with van der Waals surface area (Å²) < 4.78 is 2.48. The lowest BCUT2D eigenvalue weighted by Crippen LogP contribution is -2.57. The van der Waals surface area contributed by atoms with Crippen molar-refractivity contribution in [2.75, 3.05) is 30.8 Å². The number of aryl methyl sites for hydroxylation is 1. The Morgan fingerprint density at radius 3 is 2.75 bits per heavy atom. The maximum absolute atomic E-state index is 5.83. The van der Waals surface area contributed by atoms with Crippen molar-refractivity contribution in [2.24, 2.45) is 7.05 Å². The average molecular weight is 338 g/mol. The molecular weight excluding hydrogens is 322 g/mol. The lowest BCUT2D eigenvalue weighted by molar-refractivity contribution is 0.447. The highest BCUT2D eigenvalue weighted by molar-refractivity contribution is 9.10. The first-order valence-electron chi connectivity index (χ1n) is 6.33. The number of aromatic nitrogens is 4. The quantitative estimate of drug-likeness (QED) is 0.854. The van der Waals surface area contributed by atoms with Crippen LogP contribution in [0, 0.1) is 0 Å². The molecule has 0 aromatic carbocycles. The van der Waals surface area contributed by atoms with Gasteiger partial charge in [-0.1, -0.05) is 0 Å². The monoisotopic (exact) mass is 337 g/mol. The summed E-state index contributed by atoms with van der Waals surface area (Å²) in [6, 6.07) is 2.46. The summed E-state index contributed by atoms with van der Waals surface area (Å²) in [7, 11) is 3.83. The van der Waals surface area contributed by atoms with Crippen LogP contribution in [0.2, 0.25) is 0 Å². The van der Waals surface area contributed by atoms with Crippen LogP contribution >= 0.6 is 15.9 Å². The van der Waals surface area contributed by atoms with Crippen LogP contribution in [0.4, 0.5) is 11.8 Å². The van der Waals surface area contributed by atoms with Crippen LogP contribution < -0.4 is 16.0 Å². The summed E-state index contributed by atoms with van der Waals surface area (Å²) in [6.45, 7) is 1.86. The van der Waals surface area contributed by atoms with Gasteiger partial charge in [-0.25, -0.2) is 4.98 Å². The fourth-order valence-electron chi connectivity index (χ4n) is 2.23. The number of rotatable bonds is 3. The fraction of sp³-hybridized carbons (Fsp3) is 0.417. The Morgan fingerprint density at radius 2 is 2.15 bits per heavy atom. The van der Waals surface area contributed by atoms with E-state index in [2.05, 4.69) is 41.2 Å². The van der Waals surface area contributed by atoms with Gasteiger partial charge in [0, 0.05) is 38.4 Å². The first kappa shape index (κ1) is 13.3. The van der Waals surface area contributed by atoms with E-state index >= 15 is 0 Å². The molecule has 0 saturated carbocycles. The number of nitrogen functional groups attached to an aromatic ring is 1. The molecular formula is C12H16BrN7. The molecule has 1 aliphatic heterocycles. The number of nitrogens with two attached hydrogens (primary N) is 1. The smallest absolute Gasteiger partial charge is 0.222 e. The Morgan fingerprint density at radius 1 is 1.40 bits per heavy atom. The van der Waals surface area contributed by atoms with Gasteiger partial charge in [0.2, 0.25) is 5.95 Å². The minimum absolute atomic E-state index is 0.279. The van der Waals surface area contributed by atoms with Crippen LogP contribution in [-0.2, 0) is 7.05 Å². The molecule has 2 aromatic heterocycles. The van der Waals surface area contributed by atoms with E-state index in [4.69, 9.17) is 5.73 Å². The summed E-state index contributed by atoms with van der Waals surface area (Å²) in [6.07, 6.45) is 1.90. The van der Waals surface area contributed by atoms with Gasteiger partial charge < -0.3 is 16.0 Å². The third-order valence-corrected chi connectivity index (χ3v) is 3.99. The Hall–Kier alpha value is -1.67. The van der Waals surface area contributed by atoms with Gasteiger partial charge in [-0.2, -0.15) is 10.1 Å². The molecule has 0 unspecified atom stereocenters. The predicted octanol–water partition coefficient (Wildman–Crippen LogP) is 0.630. The zero-order valence-electron chi connectivity index (χ0n) is 11.3. The number of nitrogens with one attached hydrogen (secondary N) is 1. The largest absolute Gasteiger partial charge is 0.368 e. The molecule has 7 nitrogen and oxygen atoms in total. The SMILES string of the molecule is CNC1CN(c2cc(-c3cn(C)nc3Br)nc(N)n2)C1. The van der Waals surface area contributed by atoms with E-state index in [0.717, 1.165) is 34.8 Å². The number of hydrogen-bond acceptors (Lipinski definition) is 6. The molecule has 0 spiro atoms. The zero-order chi connectivity index (χ0) is 14.3.